The maximum absolute atomic E-state index is 5.66. The Bertz CT molecular complexity index is 464. The predicted molar refractivity (Wildman–Crippen MR) is 84.3 cm³/mol. The first-order valence-corrected chi connectivity index (χ1v) is 8.19. The second kappa shape index (κ2) is 7.14. The zero-order valence-corrected chi connectivity index (χ0v) is 12.9. The van der Waals surface area contributed by atoms with E-state index in [1.165, 1.54) is 24.9 Å². The van der Waals surface area contributed by atoms with Crippen LogP contribution in [0.1, 0.15) is 25.3 Å². The molecule has 3 rings (SSSR count). The molecule has 1 aromatic carbocycles. The molecule has 1 N–H and O–H groups in total. The molecule has 116 valence electrons. The molecule has 21 heavy (non-hydrogen) atoms. The molecular formula is C17H26N2O2. The van der Waals surface area contributed by atoms with Crippen LogP contribution in [0, 0.1) is 0 Å². The summed E-state index contributed by atoms with van der Waals surface area (Å²) in [5.74, 6) is 1.79. The highest BCUT2D eigenvalue weighted by Gasteiger charge is 2.15. The van der Waals surface area contributed by atoms with Gasteiger partial charge in [0.1, 0.15) is 13.2 Å². The largest absolute Gasteiger partial charge is 0.486 e. The Kier molecular flexibility index (Phi) is 4.99. The van der Waals surface area contributed by atoms with E-state index in [-0.39, 0.29) is 0 Å². The molecule has 0 radical (unpaired) electrons. The van der Waals surface area contributed by atoms with E-state index >= 15 is 0 Å². The number of fused-ring (bicyclic) bond motifs is 1. The number of rotatable bonds is 4. The highest BCUT2D eigenvalue weighted by Crippen LogP contribution is 2.30. The van der Waals surface area contributed by atoms with Crippen LogP contribution in [0.3, 0.4) is 0 Å². The lowest BCUT2D eigenvalue weighted by atomic mass is 10.1. The number of ether oxygens (including phenoxy) is 2. The number of nitrogens with zero attached hydrogens (tertiary/aromatic N) is 1. The molecule has 4 heteroatoms. The van der Waals surface area contributed by atoms with Crippen molar-refractivity contribution >= 4 is 0 Å². The van der Waals surface area contributed by atoms with Gasteiger partial charge in [-0.2, -0.15) is 0 Å². The van der Waals surface area contributed by atoms with Crippen molar-refractivity contribution in [3.8, 4) is 11.5 Å². The molecule has 0 amide bonds. The van der Waals surface area contributed by atoms with E-state index in [0.29, 0.717) is 19.3 Å². The van der Waals surface area contributed by atoms with Gasteiger partial charge in [0.15, 0.2) is 11.5 Å². The van der Waals surface area contributed by atoms with Gasteiger partial charge in [0, 0.05) is 25.7 Å². The van der Waals surface area contributed by atoms with Gasteiger partial charge in [-0.05, 0) is 43.5 Å². The first kappa shape index (κ1) is 14.7. The average Bonchev–Trinajstić information content (AvgIpc) is 2.78. The van der Waals surface area contributed by atoms with Gasteiger partial charge in [-0.1, -0.05) is 13.0 Å². The van der Waals surface area contributed by atoms with Crippen LogP contribution < -0.4 is 14.8 Å². The summed E-state index contributed by atoms with van der Waals surface area (Å²) >= 11 is 0. The third-order valence-electron chi connectivity index (χ3n) is 4.47. The monoisotopic (exact) mass is 290 g/mol. The van der Waals surface area contributed by atoms with Crippen LogP contribution >= 0.6 is 0 Å². The Labute approximate surface area is 127 Å². The molecule has 2 aliphatic heterocycles. The fraction of sp³-hybridized carbons (Fsp3) is 0.647. The molecule has 0 aliphatic carbocycles. The van der Waals surface area contributed by atoms with E-state index < -0.39 is 0 Å². The van der Waals surface area contributed by atoms with E-state index in [4.69, 9.17) is 9.47 Å². The van der Waals surface area contributed by atoms with Crippen LogP contribution in [-0.2, 0) is 6.42 Å². The topological polar surface area (TPSA) is 33.7 Å². The van der Waals surface area contributed by atoms with Crippen molar-refractivity contribution in [1.82, 2.24) is 10.2 Å². The van der Waals surface area contributed by atoms with Crippen molar-refractivity contribution in [2.45, 2.75) is 32.2 Å². The SMILES string of the molecule is CCC1CCN(CCc2ccc3c(c2)OCCO3)CCN1. The van der Waals surface area contributed by atoms with Crippen LogP contribution in [0.4, 0.5) is 0 Å². The maximum Gasteiger partial charge on any atom is 0.161 e. The summed E-state index contributed by atoms with van der Waals surface area (Å²) in [7, 11) is 0. The first-order chi connectivity index (χ1) is 10.3. The second-order valence-corrected chi connectivity index (χ2v) is 5.92. The highest BCUT2D eigenvalue weighted by atomic mass is 16.6. The molecule has 1 saturated heterocycles. The zero-order chi connectivity index (χ0) is 14.5. The molecule has 1 fully saturated rings. The van der Waals surface area contributed by atoms with Crippen LogP contribution in [0.5, 0.6) is 11.5 Å². The molecule has 1 unspecified atom stereocenters. The fourth-order valence-electron chi connectivity index (χ4n) is 3.08. The van der Waals surface area contributed by atoms with E-state index in [1.54, 1.807) is 0 Å². The lowest BCUT2D eigenvalue weighted by Crippen LogP contribution is -2.31. The number of hydrogen-bond acceptors (Lipinski definition) is 4. The molecule has 2 heterocycles. The van der Waals surface area contributed by atoms with Gasteiger partial charge in [0.25, 0.3) is 0 Å². The summed E-state index contributed by atoms with van der Waals surface area (Å²) in [6.45, 7) is 8.18. The Morgan fingerprint density at radius 3 is 2.90 bits per heavy atom. The average molecular weight is 290 g/mol. The smallest absolute Gasteiger partial charge is 0.161 e. The summed E-state index contributed by atoms with van der Waals surface area (Å²) in [6.07, 6.45) is 3.57. The molecule has 4 nitrogen and oxygen atoms in total. The normalized spacial score (nSPS) is 22.8. The summed E-state index contributed by atoms with van der Waals surface area (Å²) in [5, 5.41) is 3.62. The highest BCUT2D eigenvalue weighted by molar-refractivity contribution is 5.43. The minimum atomic E-state index is 0.658. The van der Waals surface area contributed by atoms with Gasteiger partial charge < -0.3 is 19.7 Å². The first-order valence-electron chi connectivity index (χ1n) is 8.19. The Morgan fingerprint density at radius 2 is 2.05 bits per heavy atom. The van der Waals surface area contributed by atoms with Crippen molar-refractivity contribution in [1.29, 1.82) is 0 Å². The summed E-state index contributed by atoms with van der Waals surface area (Å²) in [5.41, 5.74) is 1.34. The molecule has 0 bridgehead atoms. The minimum Gasteiger partial charge on any atom is -0.486 e. The number of benzene rings is 1. The van der Waals surface area contributed by atoms with Crippen LogP contribution in [-0.4, -0.2) is 50.3 Å². The number of hydrogen-bond donors (Lipinski definition) is 1. The van der Waals surface area contributed by atoms with Crippen LogP contribution in [0.25, 0.3) is 0 Å². The van der Waals surface area contributed by atoms with Gasteiger partial charge in [0.05, 0.1) is 0 Å². The predicted octanol–water partition coefficient (Wildman–Crippen LogP) is 2.07. The summed E-state index contributed by atoms with van der Waals surface area (Å²) < 4.78 is 11.2. The Balaban J connectivity index is 1.53. The molecule has 0 aromatic heterocycles. The Hall–Kier alpha value is -1.26. The summed E-state index contributed by atoms with van der Waals surface area (Å²) in [6, 6.07) is 7.04. The third-order valence-corrected chi connectivity index (χ3v) is 4.47. The molecule has 1 aromatic rings. The van der Waals surface area contributed by atoms with Crippen molar-refractivity contribution < 1.29 is 9.47 Å². The molecule has 2 aliphatic rings. The van der Waals surface area contributed by atoms with Gasteiger partial charge in [0.2, 0.25) is 0 Å². The molecule has 0 saturated carbocycles. The fourth-order valence-corrected chi connectivity index (χ4v) is 3.08. The van der Waals surface area contributed by atoms with E-state index in [2.05, 4.69) is 29.3 Å². The number of nitrogens with one attached hydrogen (secondary N) is 1. The lowest BCUT2D eigenvalue weighted by molar-refractivity contribution is 0.171. The van der Waals surface area contributed by atoms with Crippen molar-refractivity contribution in [3.63, 3.8) is 0 Å². The standard InChI is InChI=1S/C17H26N2O2/c1-2-15-6-9-19(10-7-18-15)8-5-14-3-4-16-17(13-14)21-12-11-20-16/h3-4,13,15,18H,2,5-12H2,1H3. The zero-order valence-electron chi connectivity index (χ0n) is 12.9. The Morgan fingerprint density at radius 1 is 1.19 bits per heavy atom. The van der Waals surface area contributed by atoms with Gasteiger partial charge in [-0.15, -0.1) is 0 Å². The van der Waals surface area contributed by atoms with Gasteiger partial charge in [-0.3, -0.25) is 0 Å². The van der Waals surface area contributed by atoms with E-state index in [9.17, 15) is 0 Å². The van der Waals surface area contributed by atoms with Crippen LogP contribution in [0.15, 0.2) is 18.2 Å². The van der Waals surface area contributed by atoms with Gasteiger partial charge >= 0.3 is 0 Å². The lowest BCUT2D eigenvalue weighted by Gasteiger charge is -2.21. The van der Waals surface area contributed by atoms with E-state index in [0.717, 1.165) is 37.6 Å². The second-order valence-electron chi connectivity index (χ2n) is 5.92. The third kappa shape index (κ3) is 3.89. The molecular weight excluding hydrogens is 264 g/mol. The maximum atomic E-state index is 5.66. The van der Waals surface area contributed by atoms with Gasteiger partial charge in [-0.25, -0.2) is 0 Å². The van der Waals surface area contributed by atoms with Crippen molar-refractivity contribution in [2.24, 2.45) is 0 Å². The molecule has 1 atom stereocenters. The minimum absolute atomic E-state index is 0.658. The van der Waals surface area contributed by atoms with Crippen molar-refractivity contribution in [2.75, 3.05) is 39.4 Å². The van der Waals surface area contributed by atoms with E-state index in [1.807, 2.05) is 6.07 Å². The molecule has 0 spiro atoms. The van der Waals surface area contributed by atoms with Crippen LogP contribution in [0.2, 0.25) is 0 Å². The quantitative estimate of drug-likeness (QED) is 0.920. The van der Waals surface area contributed by atoms with Crippen molar-refractivity contribution in [3.05, 3.63) is 23.8 Å². The summed E-state index contributed by atoms with van der Waals surface area (Å²) in [4.78, 5) is 2.57.